The molecule has 0 amide bonds. The number of hydrogen-bond donors (Lipinski definition) is 0. The lowest BCUT2D eigenvalue weighted by Gasteiger charge is -2.24. The van der Waals surface area contributed by atoms with E-state index in [1.54, 1.807) is 42.7 Å². The molecule has 0 atom stereocenters. The highest BCUT2D eigenvalue weighted by Crippen LogP contribution is 2.26. The summed E-state index contributed by atoms with van der Waals surface area (Å²) in [7, 11) is 9.06. The standard InChI is InChI=1S/C14H34O6S2Si2/c1-15-23(16-2,17-3)13-9-7-8-11-21-22-12-10-14-24(18-4,19-5)20-6/h7-14H2,1-6H3. The van der Waals surface area contributed by atoms with Gasteiger partial charge in [0, 0.05) is 66.3 Å². The molecule has 24 heavy (non-hydrogen) atoms. The van der Waals surface area contributed by atoms with Gasteiger partial charge in [0.15, 0.2) is 0 Å². The number of rotatable bonds is 17. The molecule has 0 radical (unpaired) electrons. The topological polar surface area (TPSA) is 55.4 Å². The fraction of sp³-hybridized carbons (Fsp3) is 1.00. The third-order valence-electron chi connectivity index (χ3n) is 3.87. The maximum atomic E-state index is 5.42. The van der Waals surface area contributed by atoms with E-state index < -0.39 is 17.6 Å². The van der Waals surface area contributed by atoms with Crippen molar-refractivity contribution in [2.45, 2.75) is 37.8 Å². The Labute approximate surface area is 157 Å². The van der Waals surface area contributed by atoms with Crippen molar-refractivity contribution in [3.63, 3.8) is 0 Å². The van der Waals surface area contributed by atoms with Gasteiger partial charge in [-0.3, -0.25) is 0 Å². The largest absolute Gasteiger partial charge is 0.500 e. The second-order valence-electron chi connectivity index (χ2n) is 5.15. The summed E-state index contributed by atoms with van der Waals surface area (Å²) in [4.78, 5) is 0. The molecule has 0 aliphatic carbocycles. The lowest BCUT2D eigenvalue weighted by Crippen LogP contribution is -2.42. The van der Waals surface area contributed by atoms with Gasteiger partial charge in [0.1, 0.15) is 0 Å². The quantitative estimate of drug-likeness (QED) is 0.201. The minimum atomic E-state index is -2.39. The molecule has 0 aliphatic rings. The second-order valence-corrected chi connectivity index (χ2v) is 14.0. The van der Waals surface area contributed by atoms with Gasteiger partial charge in [0.2, 0.25) is 0 Å². The van der Waals surface area contributed by atoms with Crippen LogP contribution in [0.4, 0.5) is 0 Å². The summed E-state index contributed by atoms with van der Waals surface area (Å²) in [5, 5.41) is 0. The molecule has 146 valence electrons. The molecule has 0 aliphatic heterocycles. The van der Waals surface area contributed by atoms with Crippen LogP contribution in [0.5, 0.6) is 0 Å². The minimum Gasteiger partial charge on any atom is -0.377 e. The molecule has 0 aromatic rings. The molecule has 0 spiro atoms. The highest BCUT2D eigenvalue weighted by molar-refractivity contribution is 8.76. The zero-order chi connectivity index (χ0) is 18.3. The van der Waals surface area contributed by atoms with Crippen molar-refractivity contribution in [1.29, 1.82) is 0 Å². The van der Waals surface area contributed by atoms with Crippen molar-refractivity contribution in [3.05, 3.63) is 0 Å². The van der Waals surface area contributed by atoms with E-state index in [9.17, 15) is 0 Å². The molecular formula is C14H34O6S2Si2. The van der Waals surface area contributed by atoms with Crippen molar-refractivity contribution < 1.29 is 26.6 Å². The average Bonchev–Trinajstić information content (AvgIpc) is 2.64. The molecule has 0 aromatic heterocycles. The Balaban J connectivity index is 3.58. The maximum absolute atomic E-state index is 5.42. The van der Waals surface area contributed by atoms with Crippen LogP contribution < -0.4 is 0 Å². The van der Waals surface area contributed by atoms with Gasteiger partial charge in [-0.1, -0.05) is 28.0 Å². The summed E-state index contributed by atoms with van der Waals surface area (Å²) < 4.78 is 32.5. The zero-order valence-electron chi connectivity index (χ0n) is 15.9. The lowest BCUT2D eigenvalue weighted by molar-refractivity contribution is 0.122. The van der Waals surface area contributed by atoms with Gasteiger partial charge in [-0.05, 0) is 19.3 Å². The van der Waals surface area contributed by atoms with Crippen molar-refractivity contribution in [1.82, 2.24) is 0 Å². The molecule has 0 N–H and O–H groups in total. The van der Waals surface area contributed by atoms with Crippen LogP contribution >= 0.6 is 21.6 Å². The summed E-state index contributed by atoms with van der Waals surface area (Å²) in [5.41, 5.74) is 0. The summed E-state index contributed by atoms with van der Waals surface area (Å²) in [6, 6.07) is 1.74. The van der Waals surface area contributed by atoms with E-state index in [4.69, 9.17) is 26.6 Å². The molecule has 0 aromatic carbocycles. The molecule has 0 heterocycles. The minimum absolute atomic E-state index is 0.863. The molecule has 0 fully saturated rings. The van der Waals surface area contributed by atoms with Crippen LogP contribution in [0.25, 0.3) is 0 Å². The molecule has 0 bridgehead atoms. The van der Waals surface area contributed by atoms with Crippen LogP contribution in [0, 0.1) is 0 Å². The zero-order valence-corrected chi connectivity index (χ0v) is 19.6. The normalized spacial score (nSPS) is 12.8. The molecule has 10 heteroatoms. The van der Waals surface area contributed by atoms with Crippen LogP contribution in [0.3, 0.4) is 0 Å². The Morgan fingerprint density at radius 3 is 1.29 bits per heavy atom. The fourth-order valence-electron chi connectivity index (χ4n) is 2.26. The first kappa shape index (κ1) is 24.9. The van der Waals surface area contributed by atoms with Gasteiger partial charge < -0.3 is 26.6 Å². The van der Waals surface area contributed by atoms with E-state index >= 15 is 0 Å². The maximum Gasteiger partial charge on any atom is 0.500 e. The first-order chi connectivity index (χ1) is 11.6. The Hall–Kier alpha value is 0.894. The van der Waals surface area contributed by atoms with Crippen LogP contribution in [-0.2, 0) is 26.6 Å². The smallest absolute Gasteiger partial charge is 0.377 e. The summed E-state index contributed by atoms with van der Waals surface area (Å²) >= 11 is 0. The van der Waals surface area contributed by atoms with Crippen molar-refractivity contribution in [2.24, 2.45) is 0 Å². The summed E-state index contributed by atoms with van der Waals surface area (Å²) in [6.45, 7) is 0. The van der Waals surface area contributed by atoms with Gasteiger partial charge in [-0.15, -0.1) is 0 Å². The molecule has 0 rings (SSSR count). The Bertz CT molecular complexity index is 250. The van der Waals surface area contributed by atoms with E-state index in [-0.39, 0.29) is 0 Å². The third-order valence-corrected chi connectivity index (χ3v) is 12.1. The predicted molar refractivity (Wildman–Crippen MR) is 107 cm³/mol. The van der Waals surface area contributed by atoms with E-state index in [0.29, 0.717) is 0 Å². The number of hydrogen-bond acceptors (Lipinski definition) is 8. The molecular weight excluding hydrogens is 384 g/mol. The van der Waals surface area contributed by atoms with E-state index in [1.165, 1.54) is 12.8 Å². The van der Waals surface area contributed by atoms with Gasteiger partial charge in [0.05, 0.1) is 0 Å². The van der Waals surface area contributed by atoms with E-state index in [0.717, 1.165) is 36.4 Å². The lowest BCUT2D eigenvalue weighted by atomic mass is 10.3. The first-order valence-corrected chi connectivity index (χ1v) is 14.5. The highest BCUT2D eigenvalue weighted by Gasteiger charge is 2.37. The molecule has 0 saturated carbocycles. The van der Waals surface area contributed by atoms with Gasteiger partial charge >= 0.3 is 17.6 Å². The van der Waals surface area contributed by atoms with Gasteiger partial charge in [-0.25, -0.2) is 0 Å². The molecule has 0 unspecified atom stereocenters. The monoisotopic (exact) mass is 418 g/mol. The molecule has 0 saturated heterocycles. The van der Waals surface area contributed by atoms with Gasteiger partial charge in [0.25, 0.3) is 0 Å². The van der Waals surface area contributed by atoms with Crippen LogP contribution in [0.15, 0.2) is 0 Å². The van der Waals surface area contributed by atoms with Crippen molar-refractivity contribution in [2.75, 3.05) is 54.2 Å². The number of unbranched alkanes of at least 4 members (excludes halogenated alkanes) is 2. The summed E-state index contributed by atoms with van der Waals surface area (Å²) in [6.07, 6.45) is 4.50. The van der Waals surface area contributed by atoms with Crippen LogP contribution in [0.2, 0.25) is 12.1 Å². The molecule has 6 nitrogen and oxygen atoms in total. The predicted octanol–water partition coefficient (Wildman–Crippen LogP) is 3.68. The Morgan fingerprint density at radius 1 is 0.500 bits per heavy atom. The van der Waals surface area contributed by atoms with Gasteiger partial charge in [-0.2, -0.15) is 0 Å². The average molecular weight is 419 g/mol. The Morgan fingerprint density at radius 2 is 0.875 bits per heavy atom. The van der Waals surface area contributed by atoms with Crippen molar-refractivity contribution in [3.8, 4) is 0 Å². The van der Waals surface area contributed by atoms with E-state index in [1.807, 2.05) is 21.6 Å². The second kappa shape index (κ2) is 15.0. The fourth-order valence-corrected chi connectivity index (χ4v) is 8.26. The Kier molecular flexibility index (Phi) is 15.6. The third kappa shape index (κ3) is 9.55. The highest BCUT2D eigenvalue weighted by atomic mass is 33.1. The van der Waals surface area contributed by atoms with Crippen molar-refractivity contribution >= 4 is 39.2 Å². The first-order valence-electron chi connectivity index (χ1n) is 8.13. The summed E-state index contributed by atoms with van der Waals surface area (Å²) in [5.74, 6) is 2.25. The van der Waals surface area contributed by atoms with E-state index in [2.05, 4.69) is 0 Å². The van der Waals surface area contributed by atoms with Crippen LogP contribution in [-0.4, -0.2) is 71.8 Å². The van der Waals surface area contributed by atoms with Crippen LogP contribution in [0.1, 0.15) is 25.7 Å². The SMILES string of the molecule is CO[Si](CCCCCSSCCC[Si](OC)(OC)OC)(OC)OC.